The number of hydrogen-bond donors (Lipinski definition) is 1. The molecule has 0 aliphatic heterocycles. The van der Waals surface area contributed by atoms with Crippen LogP contribution in [-0.4, -0.2) is 16.9 Å². The van der Waals surface area contributed by atoms with Crippen LogP contribution in [0.5, 0.6) is 0 Å². The lowest BCUT2D eigenvalue weighted by atomic mass is 9.87. The molecular weight excluding hydrogens is 304 g/mol. The lowest BCUT2D eigenvalue weighted by Crippen LogP contribution is -2.37. The van der Waals surface area contributed by atoms with E-state index in [0.717, 1.165) is 40.8 Å². The Hall–Kier alpha value is -1.68. The van der Waals surface area contributed by atoms with Gasteiger partial charge in [0, 0.05) is 12.5 Å². The molecule has 23 heavy (non-hydrogen) atoms. The number of amides is 1. The smallest absolute Gasteiger partial charge is 0.263 e. The molecule has 0 bridgehead atoms. The van der Waals surface area contributed by atoms with Gasteiger partial charge in [-0.1, -0.05) is 37.3 Å². The molecule has 1 aliphatic carbocycles. The molecule has 1 aliphatic rings. The van der Waals surface area contributed by atoms with E-state index in [0.29, 0.717) is 6.04 Å². The second kappa shape index (κ2) is 7.26. The molecule has 1 aromatic heterocycles. The van der Waals surface area contributed by atoms with Crippen LogP contribution in [0.25, 0.3) is 0 Å². The van der Waals surface area contributed by atoms with Crippen LogP contribution in [0.2, 0.25) is 0 Å². The van der Waals surface area contributed by atoms with Crippen molar-refractivity contribution in [2.24, 2.45) is 5.92 Å². The van der Waals surface area contributed by atoms with Gasteiger partial charge in [0.05, 0.1) is 10.7 Å². The van der Waals surface area contributed by atoms with E-state index >= 15 is 0 Å². The maximum atomic E-state index is 12.5. The van der Waals surface area contributed by atoms with Gasteiger partial charge in [0.2, 0.25) is 0 Å². The quantitative estimate of drug-likeness (QED) is 0.906. The predicted octanol–water partition coefficient (Wildman–Crippen LogP) is 4.35. The summed E-state index contributed by atoms with van der Waals surface area (Å²) >= 11 is 1.53. The number of carbonyl (C=O) groups is 1. The summed E-state index contributed by atoms with van der Waals surface area (Å²) in [4.78, 5) is 17.9. The third-order valence-corrected chi connectivity index (χ3v) is 5.75. The lowest BCUT2D eigenvalue weighted by Gasteiger charge is -2.26. The maximum absolute atomic E-state index is 12.5. The van der Waals surface area contributed by atoms with E-state index in [1.54, 1.807) is 0 Å². The Labute approximate surface area is 142 Å². The van der Waals surface area contributed by atoms with Gasteiger partial charge in [-0.3, -0.25) is 4.79 Å². The van der Waals surface area contributed by atoms with Crippen molar-refractivity contribution in [3.8, 4) is 0 Å². The van der Waals surface area contributed by atoms with Crippen LogP contribution >= 0.6 is 11.3 Å². The Morgan fingerprint density at radius 1 is 1.22 bits per heavy atom. The zero-order chi connectivity index (χ0) is 16.2. The van der Waals surface area contributed by atoms with Crippen molar-refractivity contribution in [3.63, 3.8) is 0 Å². The highest BCUT2D eigenvalue weighted by molar-refractivity contribution is 7.13. The molecule has 4 heteroatoms. The molecule has 1 heterocycles. The molecule has 1 aromatic carbocycles. The second-order valence-corrected chi connectivity index (χ2v) is 7.70. The fraction of sp³-hybridized carbons (Fsp3) is 0.474. The number of aryl methyl sites for hydroxylation is 1. The molecule has 0 saturated heterocycles. The summed E-state index contributed by atoms with van der Waals surface area (Å²) < 4.78 is 0. The zero-order valence-corrected chi connectivity index (χ0v) is 14.7. The Morgan fingerprint density at radius 2 is 1.91 bits per heavy atom. The maximum Gasteiger partial charge on any atom is 0.263 e. The molecule has 122 valence electrons. The van der Waals surface area contributed by atoms with Gasteiger partial charge in [0.25, 0.3) is 5.91 Å². The van der Waals surface area contributed by atoms with Gasteiger partial charge in [-0.25, -0.2) is 4.98 Å². The number of hydrogen-bond acceptors (Lipinski definition) is 3. The monoisotopic (exact) mass is 328 g/mol. The fourth-order valence-electron chi connectivity index (χ4n) is 3.16. The highest BCUT2D eigenvalue weighted by Gasteiger charge is 2.22. The van der Waals surface area contributed by atoms with Crippen LogP contribution in [0.15, 0.2) is 30.3 Å². The first kappa shape index (κ1) is 16.2. The minimum absolute atomic E-state index is 0.0545. The topological polar surface area (TPSA) is 42.0 Å². The van der Waals surface area contributed by atoms with Crippen molar-refractivity contribution < 1.29 is 4.79 Å². The van der Waals surface area contributed by atoms with Crippen LogP contribution in [0.3, 0.4) is 0 Å². The van der Waals surface area contributed by atoms with Crippen molar-refractivity contribution in [2.75, 3.05) is 0 Å². The van der Waals surface area contributed by atoms with Gasteiger partial charge in [-0.15, -0.1) is 11.3 Å². The highest BCUT2D eigenvalue weighted by Crippen LogP contribution is 2.25. The number of nitrogens with one attached hydrogen (secondary N) is 1. The molecule has 0 unspecified atom stereocenters. The Kier molecular flexibility index (Phi) is 5.11. The molecule has 0 radical (unpaired) electrons. The zero-order valence-electron chi connectivity index (χ0n) is 13.8. The van der Waals surface area contributed by atoms with Crippen molar-refractivity contribution in [1.82, 2.24) is 10.3 Å². The molecule has 0 atom stereocenters. The van der Waals surface area contributed by atoms with E-state index in [-0.39, 0.29) is 5.91 Å². The summed E-state index contributed by atoms with van der Waals surface area (Å²) in [6, 6.07) is 10.6. The van der Waals surface area contributed by atoms with Crippen LogP contribution in [0, 0.1) is 12.8 Å². The summed E-state index contributed by atoms with van der Waals surface area (Å²) in [5.74, 6) is 0.852. The van der Waals surface area contributed by atoms with Gasteiger partial charge < -0.3 is 5.32 Å². The van der Waals surface area contributed by atoms with Gasteiger partial charge in [-0.2, -0.15) is 0 Å². The second-order valence-electron chi connectivity index (χ2n) is 6.61. The number of thiazole rings is 1. The van der Waals surface area contributed by atoms with E-state index < -0.39 is 0 Å². The van der Waals surface area contributed by atoms with Crippen molar-refractivity contribution in [2.45, 2.75) is 52.0 Å². The van der Waals surface area contributed by atoms with Crippen LogP contribution in [0.4, 0.5) is 0 Å². The third-order valence-electron chi connectivity index (χ3n) is 4.60. The lowest BCUT2D eigenvalue weighted by molar-refractivity contribution is 0.0926. The Balaban J connectivity index is 1.64. The minimum atomic E-state index is 0.0545. The summed E-state index contributed by atoms with van der Waals surface area (Å²) in [6.07, 6.45) is 5.42. The molecule has 1 saturated carbocycles. The van der Waals surface area contributed by atoms with Gasteiger partial charge in [0.15, 0.2) is 0 Å². The molecule has 3 nitrogen and oxygen atoms in total. The average Bonchev–Trinajstić information content (AvgIpc) is 2.91. The molecule has 1 amide bonds. The van der Waals surface area contributed by atoms with Crippen LogP contribution < -0.4 is 5.32 Å². The summed E-state index contributed by atoms with van der Waals surface area (Å²) in [5, 5.41) is 4.22. The average molecular weight is 328 g/mol. The largest absolute Gasteiger partial charge is 0.349 e. The summed E-state index contributed by atoms with van der Waals surface area (Å²) in [7, 11) is 0. The standard InChI is InChI=1S/C19H24N2OS/c1-13-8-10-16(11-9-13)21-19(22)18-14(2)20-17(23-18)12-15-6-4-3-5-7-15/h3-7,13,16H,8-12H2,1-2H3,(H,21,22). The van der Waals surface area contributed by atoms with E-state index in [9.17, 15) is 4.79 Å². The van der Waals surface area contributed by atoms with Crippen molar-refractivity contribution in [1.29, 1.82) is 0 Å². The van der Waals surface area contributed by atoms with Gasteiger partial charge >= 0.3 is 0 Å². The predicted molar refractivity (Wildman–Crippen MR) is 95.0 cm³/mol. The molecule has 1 N–H and O–H groups in total. The first-order valence-corrected chi connectivity index (χ1v) is 9.24. The number of rotatable bonds is 4. The van der Waals surface area contributed by atoms with Crippen LogP contribution in [0.1, 0.15) is 58.5 Å². The first-order chi connectivity index (χ1) is 11.1. The van der Waals surface area contributed by atoms with E-state index in [4.69, 9.17) is 0 Å². The molecule has 0 spiro atoms. The van der Waals surface area contributed by atoms with E-state index in [1.807, 2.05) is 25.1 Å². The number of aromatic nitrogens is 1. The summed E-state index contributed by atoms with van der Waals surface area (Å²) in [6.45, 7) is 4.23. The summed E-state index contributed by atoms with van der Waals surface area (Å²) in [5.41, 5.74) is 2.08. The SMILES string of the molecule is Cc1nc(Cc2ccccc2)sc1C(=O)NC1CCC(C)CC1. The van der Waals surface area contributed by atoms with E-state index in [1.165, 1.54) is 29.7 Å². The molecule has 3 rings (SSSR count). The normalized spacial score (nSPS) is 21.1. The first-order valence-electron chi connectivity index (χ1n) is 8.43. The third kappa shape index (κ3) is 4.20. The fourth-order valence-corrected chi connectivity index (χ4v) is 4.17. The molecule has 2 aromatic rings. The van der Waals surface area contributed by atoms with Crippen molar-refractivity contribution in [3.05, 3.63) is 51.5 Å². The number of nitrogens with zero attached hydrogens (tertiary/aromatic N) is 1. The minimum Gasteiger partial charge on any atom is -0.349 e. The van der Waals surface area contributed by atoms with Gasteiger partial charge in [-0.05, 0) is 44.1 Å². The van der Waals surface area contributed by atoms with Crippen molar-refractivity contribution >= 4 is 17.2 Å². The van der Waals surface area contributed by atoms with Crippen LogP contribution in [-0.2, 0) is 6.42 Å². The Morgan fingerprint density at radius 3 is 2.61 bits per heavy atom. The Bertz CT molecular complexity index is 657. The number of carbonyl (C=O) groups excluding carboxylic acids is 1. The molecule has 1 fully saturated rings. The van der Waals surface area contributed by atoms with E-state index in [2.05, 4.69) is 29.4 Å². The highest BCUT2D eigenvalue weighted by atomic mass is 32.1. The molecular formula is C19H24N2OS. The number of benzene rings is 1. The van der Waals surface area contributed by atoms with Gasteiger partial charge in [0.1, 0.15) is 4.88 Å².